The van der Waals surface area contributed by atoms with Crippen molar-refractivity contribution in [3.8, 4) is 0 Å². The summed E-state index contributed by atoms with van der Waals surface area (Å²) in [5.74, 6) is -1.18. The van der Waals surface area contributed by atoms with Crippen LogP contribution in [0.1, 0.15) is 5.56 Å². The second-order valence-corrected chi connectivity index (χ2v) is 5.00. The molecule has 0 fully saturated rings. The Morgan fingerprint density at radius 3 is 2.44 bits per heavy atom. The second kappa shape index (κ2) is 4.84. The van der Waals surface area contributed by atoms with Gasteiger partial charge in [0.15, 0.2) is 0 Å². The predicted octanol–water partition coefficient (Wildman–Crippen LogP) is 1.58. The van der Waals surface area contributed by atoms with Crippen LogP contribution in [0, 0.1) is 0 Å². The Kier molecular flexibility index (Phi) is 3.85. The molecule has 1 rings (SSSR count). The van der Waals surface area contributed by atoms with E-state index in [1.165, 1.54) is 16.9 Å². The van der Waals surface area contributed by atoms with E-state index >= 15 is 0 Å². The maximum atomic E-state index is 12.1. The quantitative estimate of drug-likeness (QED) is 0.878. The highest BCUT2D eigenvalue weighted by atomic mass is 32.2. The summed E-state index contributed by atoms with van der Waals surface area (Å²) in [7, 11) is -5.49. The molecule has 1 aromatic carbocycles. The first-order valence-corrected chi connectivity index (χ1v) is 6.00. The molecule has 0 amide bonds. The molecule has 0 radical (unpaired) electrons. The average molecular weight is 283 g/mol. The first-order chi connectivity index (χ1) is 8.12. The van der Waals surface area contributed by atoms with Crippen LogP contribution in [-0.4, -0.2) is 25.0 Å². The van der Waals surface area contributed by atoms with Crippen LogP contribution in [0.25, 0.3) is 0 Å². The summed E-state index contributed by atoms with van der Waals surface area (Å²) in [6.45, 7) is 0. The lowest BCUT2D eigenvalue weighted by Crippen LogP contribution is -2.29. The number of sulfonamides is 1. The third-order valence-electron chi connectivity index (χ3n) is 1.84. The number of carboxylic acids is 1. The van der Waals surface area contributed by atoms with Crippen molar-refractivity contribution < 1.29 is 31.5 Å². The third kappa shape index (κ3) is 3.62. The molecule has 0 spiro atoms. The van der Waals surface area contributed by atoms with Crippen molar-refractivity contribution in [3.63, 3.8) is 0 Å². The van der Waals surface area contributed by atoms with Gasteiger partial charge in [-0.1, -0.05) is 12.1 Å². The number of halogens is 3. The van der Waals surface area contributed by atoms with Crippen molar-refractivity contribution in [1.29, 1.82) is 0 Å². The zero-order chi connectivity index (χ0) is 14.0. The molecule has 100 valence electrons. The number of alkyl halides is 3. The van der Waals surface area contributed by atoms with Crippen LogP contribution in [0.4, 0.5) is 18.9 Å². The van der Waals surface area contributed by atoms with Crippen LogP contribution >= 0.6 is 0 Å². The molecule has 0 saturated heterocycles. The van der Waals surface area contributed by atoms with Gasteiger partial charge in [0.05, 0.1) is 6.42 Å². The standard InChI is InChI=1S/C9H8F3NO4S/c10-9(11,12)18(16,17)13-7-3-1-2-6(4-7)5-8(14)15/h1-4,13H,5H2,(H,14,15). The number of rotatable bonds is 4. The van der Waals surface area contributed by atoms with Crippen LogP contribution in [0.15, 0.2) is 24.3 Å². The molecule has 0 aliphatic rings. The van der Waals surface area contributed by atoms with E-state index in [-0.39, 0.29) is 11.3 Å². The summed E-state index contributed by atoms with van der Waals surface area (Å²) in [5.41, 5.74) is -5.58. The summed E-state index contributed by atoms with van der Waals surface area (Å²) in [5, 5.41) is 8.50. The molecular weight excluding hydrogens is 275 g/mol. The Bertz CT molecular complexity index is 553. The van der Waals surface area contributed by atoms with Gasteiger partial charge >= 0.3 is 21.5 Å². The molecule has 2 N–H and O–H groups in total. The highest BCUT2D eigenvalue weighted by Crippen LogP contribution is 2.25. The summed E-state index contributed by atoms with van der Waals surface area (Å²) in [4.78, 5) is 10.4. The number of anilines is 1. The fourth-order valence-corrected chi connectivity index (χ4v) is 1.69. The number of carbonyl (C=O) groups is 1. The molecule has 9 heteroatoms. The van der Waals surface area contributed by atoms with Crippen molar-refractivity contribution >= 4 is 21.7 Å². The van der Waals surface area contributed by atoms with Crippen LogP contribution in [0.3, 0.4) is 0 Å². The summed E-state index contributed by atoms with van der Waals surface area (Å²) in [6.07, 6.45) is -0.415. The van der Waals surface area contributed by atoms with Gasteiger partial charge < -0.3 is 5.11 Å². The number of carboxylic acid groups (broad SMARTS) is 1. The first-order valence-electron chi connectivity index (χ1n) is 4.51. The van der Waals surface area contributed by atoms with Gasteiger partial charge in [-0.15, -0.1) is 0 Å². The lowest BCUT2D eigenvalue weighted by atomic mass is 10.1. The summed E-state index contributed by atoms with van der Waals surface area (Å²) >= 11 is 0. The minimum Gasteiger partial charge on any atom is -0.481 e. The van der Waals surface area contributed by atoms with Crippen molar-refractivity contribution in [2.75, 3.05) is 4.72 Å². The Labute approximate surface area is 100 Å². The number of hydrogen-bond acceptors (Lipinski definition) is 3. The lowest BCUT2D eigenvalue weighted by molar-refractivity contribution is -0.136. The van der Waals surface area contributed by atoms with Gasteiger partial charge in [-0.3, -0.25) is 9.52 Å². The van der Waals surface area contributed by atoms with Crippen LogP contribution in [-0.2, 0) is 21.2 Å². The molecule has 18 heavy (non-hydrogen) atoms. The van der Waals surface area contributed by atoms with E-state index in [9.17, 15) is 26.4 Å². The molecule has 0 heterocycles. The number of hydrogen-bond donors (Lipinski definition) is 2. The predicted molar refractivity (Wildman–Crippen MR) is 56.4 cm³/mol. The molecule has 1 aromatic rings. The zero-order valence-corrected chi connectivity index (χ0v) is 9.55. The van der Waals surface area contributed by atoms with Crippen LogP contribution in [0.2, 0.25) is 0 Å². The average Bonchev–Trinajstić information content (AvgIpc) is 2.14. The third-order valence-corrected chi connectivity index (χ3v) is 2.95. The minimum absolute atomic E-state index is 0.185. The van der Waals surface area contributed by atoms with Crippen molar-refractivity contribution in [2.24, 2.45) is 0 Å². The molecule has 5 nitrogen and oxygen atoms in total. The van der Waals surface area contributed by atoms with Gasteiger partial charge in [-0.25, -0.2) is 0 Å². The van der Waals surface area contributed by atoms with Gasteiger partial charge in [-0.05, 0) is 17.7 Å². The van der Waals surface area contributed by atoms with E-state index in [0.29, 0.717) is 0 Å². The van der Waals surface area contributed by atoms with E-state index in [0.717, 1.165) is 12.1 Å². The Balaban J connectivity index is 2.96. The summed E-state index contributed by atoms with van der Waals surface area (Å²) in [6, 6.07) is 4.73. The van der Waals surface area contributed by atoms with Crippen LogP contribution in [0.5, 0.6) is 0 Å². The van der Waals surface area contributed by atoms with Crippen molar-refractivity contribution in [1.82, 2.24) is 0 Å². The molecule has 0 bridgehead atoms. The van der Waals surface area contributed by atoms with E-state index in [4.69, 9.17) is 5.11 Å². The molecular formula is C9H8F3NO4S. The molecule has 0 saturated carbocycles. The molecule has 0 atom stereocenters. The van der Waals surface area contributed by atoms with Gasteiger partial charge in [0.2, 0.25) is 0 Å². The number of aliphatic carboxylic acids is 1. The highest BCUT2D eigenvalue weighted by molar-refractivity contribution is 7.93. The molecule has 0 aromatic heterocycles. The van der Waals surface area contributed by atoms with E-state index < -0.39 is 27.9 Å². The minimum atomic E-state index is -5.49. The Hall–Kier alpha value is -1.77. The molecule has 0 aliphatic heterocycles. The molecule has 0 unspecified atom stereocenters. The topological polar surface area (TPSA) is 83.5 Å². The smallest absolute Gasteiger partial charge is 0.481 e. The van der Waals surface area contributed by atoms with E-state index in [1.807, 2.05) is 0 Å². The largest absolute Gasteiger partial charge is 0.516 e. The van der Waals surface area contributed by atoms with Crippen molar-refractivity contribution in [2.45, 2.75) is 11.9 Å². The number of nitrogens with one attached hydrogen (secondary N) is 1. The maximum Gasteiger partial charge on any atom is 0.516 e. The Morgan fingerprint density at radius 2 is 1.94 bits per heavy atom. The monoisotopic (exact) mass is 283 g/mol. The van der Waals surface area contributed by atoms with Gasteiger partial charge in [0, 0.05) is 5.69 Å². The first kappa shape index (κ1) is 14.3. The lowest BCUT2D eigenvalue weighted by Gasteiger charge is -2.11. The Morgan fingerprint density at radius 1 is 1.33 bits per heavy atom. The fourth-order valence-electron chi connectivity index (χ4n) is 1.13. The van der Waals surface area contributed by atoms with Gasteiger partial charge in [0.1, 0.15) is 0 Å². The fraction of sp³-hybridized carbons (Fsp3) is 0.222. The zero-order valence-electron chi connectivity index (χ0n) is 8.73. The van der Waals surface area contributed by atoms with Gasteiger partial charge in [0.25, 0.3) is 0 Å². The summed E-state index contributed by atoms with van der Waals surface area (Å²) < 4.78 is 59.2. The number of benzene rings is 1. The normalized spacial score (nSPS) is 12.2. The maximum absolute atomic E-state index is 12.1. The van der Waals surface area contributed by atoms with E-state index in [1.54, 1.807) is 0 Å². The van der Waals surface area contributed by atoms with Crippen molar-refractivity contribution in [3.05, 3.63) is 29.8 Å². The van der Waals surface area contributed by atoms with Gasteiger partial charge in [-0.2, -0.15) is 21.6 Å². The molecule has 0 aliphatic carbocycles. The SMILES string of the molecule is O=C(O)Cc1cccc(NS(=O)(=O)C(F)(F)F)c1. The van der Waals surface area contributed by atoms with E-state index in [2.05, 4.69) is 0 Å². The highest BCUT2D eigenvalue weighted by Gasteiger charge is 2.46. The van der Waals surface area contributed by atoms with Crippen LogP contribution < -0.4 is 4.72 Å². The second-order valence-electron chi connectivity index (χ2n) is 3.32.